The lowest BCUT2D eigenvalue weighted by Gasteiger charge is -2.05. The number of hydrogen-bond acceptors (Lipinski definition) is 3. The van der Waals surface area contributed by atoms with Crippen molar-refractivity contribution in [1.29, 1.82) is 0 Å². The van der Waals surface area contributed by atoms with Gasteiger partial charge < -0.3 is 10.3 Å². The predicted molar refractivity (Wildman–Crippen MR) is 81.3 cm³/mol. The summed E-state index contributed by atoms with van der Waals surface area (Å²) in [5, 5.41) is 3.38. The van der Waals surface area contributed by atoms with E-state index in [0.717, 1.165) is 23.8 Å². The highest BCUT2D eigenvalue weighted by Gasteiger charge is 2.02. The number of aromatic amines is 1. The first kappa shape index (κ1) is 14.2. The molecule has 1 heterocycles. The van der Waals surface area contributed by atoms with Gasteiger partial charge in [0.2, 0.25) is 0 Å². The molecule has 0 atom stereocenters. The van der Waals surface area contributed by atoms with Gasteiger partial charge in [-0.05, 0) is 19.1 Å². The Bertz CT molecular complexity index is 520. The minimum absolute atomic E-state index is 0.494. The number of H-pyrrole nitrogens is 1. The number of nitrogens with one attached hydrogen (secondary N) is 2. The van der Waals surface area contributed by atoms with Crippen molar-refractivity contribution >= 4 is 11.8 Å². The molecular weight excluding hydrogens is 254 g/mol. The van der Waals surface area contributed by atoms with Crippen molar-refractivity contribution in [3.8, 4) is 0 Å². The fourth-order valence-electron chi connectivity index (χ4n) is 1.74. The van der Waals surface area contributed by atoms with Gasteiger partial charge in [-0.15, -0.1) is 11.8 Å². The number of aromatic nitrogens is 2. The maximum Gasteiger partial charge on any atom is 0.116 e. The van der Waals surface area contributed by atoms with E-state index < -0.39 is 0 Å². The standard InChI is InChI=1S/C15H21N3S/c1-11(2)16-8-13-9-17-15(18-13)10-19-14-6-4-5-12(3)7-14/h4-7,9,11,16H,8,10H2,1-3H3,(H,17,18). The van der Waals surface area contributed by atoms with Crippen LogP contribution in [-0.2, 0) is 12.3 Å². The number of thioether (sulfide) groups is 1. The van der Waals surface area contributed by atoms with E-state index in [4.69, 9.17) is 0 Å². The molecule has 0 saturated carbocycles. The maximum absolute atomic E-state index is 4.42. The summed E-state index contributed by atoms with van der Waals surface area (Å²) in [6.07, 6.45) is 1.92. The molecule has 0 bridgehead atoms. The summed E-state index contributed by atoms with van der Waals surface area (Å²) in [5.74, 6) is 1.91. The molecule has 3 nitrogen and oxygen atoms in total. The minimum Gasteiger partial charge on any atom is -0.344 e. The molecule has 19 heavy (non-hydrogen) atoms. The lowest BCUT2D eigenvalue weighted by atomic mass is 10.2. The molecule has 0 aliphatic rings. The lowest BCUT2D eigenvalue weighted by molar-refractivity contribution is 0.582. The van der Waals surface area contributed by atoms with E-state index >= 15 is 0 Å². The van der Waals surface area contributed by atoms with Crippen LogP contribution in [-0.4, -0.2) is 16.0 Å². The molecule has 4 heteroatoms. The van der Waals surface area contributed by atoms with Gasteiger partial charge >= 0.3 is 0 Å². The summed E-state index contributed by atoms with van der Waals surface area (Å²) in [4.78, 5) is 9.06. The van der Waals surface area contributed by atoms with Crippen molar-refractivity contribution in [2.24, 2.45) is 0 Å². The van der Waals surface area contributed by atoms with Crippen molar-refractivity contribution in [1.82, 2.24) is 15.3 Å². The minimum atomic E-state index is 0.494. The number of imidazole rings is 1. The van der Waals surface area contributed by atoms with Gasteiger partial charge in [-0.3, -0.25) is 0 Å². The third-order valence-corrected chi connectivity index (χ3v) is 3.75. The Hall–Kier alpha value is -1.26. The van der Waals surface area contributed by atoms with Crippen molar-refractivity contribution in [3.63, 3.8) is 0 Å². The monoisotopic (exact) mass is 275 g/mol. The summed E-state index contributed by atoms with van der Waals surface area (Å²) >= 11 is 1.81. The lowest BCUT2D eigenvalue weighted by Crippen LogP contribution is -2.21. The van der Waals surface area contributed by atoms with E-state index in [1.54, 1.807) is 0 Å². The number of benzene rings is 1. The van der Waals surface area contributed by atoms with Gasteiger partial charge in [0.15, 0.2) is 0 Å². The Morgan fingerprint density at radius 2 is 2.21 bits per heavy atom. The first-order valence-electron chi connectivity index (χ1n) is 6.59. The predicted octanol–water partition coefficient (Wildman–Crippen LogP) is 3.51. The second kappa shape index (κ2) is 6.78. The van der Waals surface area contributed by atoms with Crippen molar-refractivity contribution in [2.45, 2.75) is 44.0 Å². The normalized spacial score (nSPS) is 11.2. The highest BCUT2D eigenvalue weighted by atomic mass is 32.2. The maximum atomic E-state index is 4.42. The van der Waals surface area contributed by atoms with Crippen LogP contribution in [0.3, 0.4) is 0 Å². The molecule has 0 fully saturated rings. The molecule has 2 N–H and O–H groups in total. The molecule has 0 aliphatic carbocycles. The third-order valence-electron chi connectivity index (χ3n) is 2.75. The van der Waals surface area contributed by atoms with Crippen LogP contribution in [0.5, 0.6) is 0 Å². The van der Waals surface area contributed by atoms with Crippen LogP contribution in [0, 0.1) is 6.92 Å². The number of nitrogens with zero attached hydrogens (tertiary/aromatic N) is 1. The molecule has 0 spiro atoms. The van der Waals surface area contributed by atoms with Gasteiger partial charge in [0.25, 0.3) is 0 Å². The van der Waals surface area contributed by atoms with Gasteiger partial charge in [0.05, 0.1) is 5.75 Å². The quantitative estimate of drug-likeness (QED) is 0.793. The van der Waals surface area contributed by atoms with Gasteiger partial charge in [-0.2, -0.15) is 0 Å². The average molecular weight is 275 g/mol. The van der Waals surface area contributed by atoms with Crippen LogP contribution in [0.4, 0.5) is 0 Å². The zero-order valence-corrected chi connectivity index (χ0v) is 12.6. The molecular formula is C15H21N3S. The number of hydrogen-bond donors (Lipinski definition) is 2. The molecule has 1 aromatic carbocycles. The Labute approximate surface area is 119 Å². The Morgan fingerprint density at radius 1 is 1.37 bits per heavy atom. The average Bonchev–Trinajstić information content (AvgIpc) is 2.82. The van der Waals surface area contributed by atoms with E-state index in [2.05, 4.69) is 60.3 Å². The van der Waals surface area contributed by atoms with Gasteiger partial charge in [0, 0.05) is 29.4 Å². The van der Waals surface area contributed by atoms with E-state index in [0.29, 0.717) is 6.04 Å². The molecule has 0 radical (unpaired) electrons. The molecule has 0 unspecified atom stereocenters. The van der Waals surface area contributed by atoms with Crippen LogP contribution in [0.2, 0.25) is 0 Å². The second-order valence-electron chi connectivity index (χ2n) is 5.00. The highest BCUT2D eigenvalue weighted by molar-refractivity contribution is 7.98. The first-order chi connectivity index (χ1) is 9.13. The molecule has 0 saturated heterocycles. The molecule has 102 valence electrons. The Balaban J connectivity index is 1.86. The zero-order chi connectivity index (χ0) is 13.7. The van der Waals surface area contributed by atoms with Gasteiger partial charge in [-0.25, -0.2) is 4.98 Å². The van der Waals surface area contributed by atoms with Crippen LogP contribution >= 0.6 is 11.8 Å². The van der Waals surface area contributed by atoms with Crippen LogP contribution < -0.4 is 5.32 Å². The fraction of sp³-hybridized carbons (Fsp3) is 0.400. The van der Waals surface area contributed by atoms with Gasteiger partial charge in [0.1, 0.15) is 5.82 Å². The molecule has 2 rings (SSSR count). The van der Waals surface area contributed by atoms with E-state index in [9.17, 15) is 0 Å². The third kappa shape index (κ3) is 4.73. The van der Waals surface area contributed by atoms with Crippen molar-refractivity contribution in [3.05, 3.63) is 47.5 Å². The van der Waals surface area contributed by atoms with Crippen molar-refractivity contribution < 1.29 is 0 Å². The summed E-state index contributed by atoms with van der Waals surface area (Å²) < 4.78 is 0. The molecule has 0 aliphatic heterocycles. The second-order valence-corrected chi connectivity index (χ2v) is 6.04. The number of aryl methyl sites for hydroxylation is 1. The smallest absolute Gasteiger partial charge is 0.116 e. The largest absolute Gasteiger partial charge is 0.344 e. The van der Waals surface area contributed by atoms with E-state index in [-0.39, 0.29) is 0 Å². The summed E-state index contributed by atoms with van der Waals surface area (Å²) in [7, 11) is 0. The first-order valence-corrected chi connectivity index (χ1v) is 7.57. The van der Waals surface area contributed by atoms with E-state index in [1.807, 2.05) is 18.0 Å². The molecule has 1 aromatic heterocycles. The summed E-state index contributed by atoms with van der Waals surface area (Å²) in [5.41, 5.74) is 2.44. The molecule has 2 aromatic rings. The number of rotatable bonds is 6. The highest BCUT2D eigenvalue weighted by Crippen LogP contribution is 2.22. The van der Waals surface area contributed by atoms with Crippen LogP contribution in [0.25, 0.3) is 0 Å². The summed E-state index contributed by atoms with van der Waals surface area (Å²) in [6, 6.07) is 9.05. The fourth-order valence-corrected chi connectivity index (χ4v) is 2.63. The summed E-state index contributed by atoms with van der Waals surface area (Å²) in [6.45, 7) is 7.25. The Morgan fingerprint density at radius 3 is 2.95 bits per heavy atom. The van der Waals surface area contributed by atoms with Crippen molar-refractivity contribution in [2.75, 3.05) is 0 Å². The Kier molecular flexibility index (Phi) is 5.05. The topological polar surface area (TPSA) is 40.7 Å². The van der Waals surface area contributed by atoms with Gasteiger partial charge in [-0.1, -0.05) is 31.5 Å². The van der Waals surface area contributed by atoms with E-state index in [1.165, 1.54) is 10.5 Å². The zero-order valence-electron chi connectivity index (χ0n) is 11.7. The van der Waals surface area contributed by atoms with Crippen LogP contribution in [0.15, 0.2) is 35.4 Å². The van der Waals surface area contributed by atoms with Crippen LogP contribution in [0.1, 0.15) is 30.9 Å². The SMILES string of the molecule is Cc1cccc(SCc2ncc(CNC(C)C)[nH]2)c1. The molecule has 0 amide bonds.